The zero-order valence-corrected chi connectivity index (χ0v) is 8.32. The number of hydrogen-bond donors (Lipinski definition) is 2. The van der Waals surface area contributed by atoms with Gasteiger partial charge in [0.15, 0.2) is 0 Å². The zero-order chi connectivity index (χ0) is 10.6. The van der Waals surface area contributed by atoms with Crippen LogP contribution in [-0.4, -0.2) is 24.0 Å². The van der Waals surface area contributed by atoms with Crippen LogP contribution in [0.1, 0.15) is 27.7 Å². The molecule has 5 heteroatoms. The number of nitrogens with one attached hydrogen (secondary N) is 2. The highest BCUT2D eigenvalue weighted by Crippen LogP contribution is 2.01. The first-order chi connectivity index (χ1) is 5.72. The molecule has 0 aromatic rings. The van der Waals surface area contributed by atoms with Crippen molar-refractivity contribution >= 4 is 6.03 Å². The van der Waals surface area contributed by atoms with Crippen LogP contribution < -0.4 is 10.6 Å². The number of urea groups is 1. The second-order valence-corrected chi connectivity index (χ2v) is 3.97. The van der Waals surface area contributed by atoms with Gasteiger partial charge in [0, 0.05) is 5.54 Å². The molecule has 0 aromatic heterocycles. The van der Waals surface area contributed by atoms with E-state index in [1.807, 2.05) is 0 Å². The summed E-state index contributed by atoms with van der Waals surface area (Å²) in [7, 11) is 0. The zero-order valence-electron chi connectivity index (χ0n) is 8.32. The molecule has 0 saturated heterocycles. The highest BCUT2D eigenvalue weighted by atomic mass is 19.3. The van der Waals surface area contributed by atoms with Crippen molar-refractivity contribution < 1.29 is 13.6 Å². The summed E-state index contributed by atoms with van der Waals surface area (Å²) in [5.74, 6) is 0. The fourth-order valence-corrected chi connectivity index (χ4v) is 0.646. The second kappa shape index (κ2) is 4.39. The molecule has 1 unspecified atom stereocenters. The lowest BCUT2D eigenvalue weighted by atomic mass is 10.1. The summed E-state index contributed by atoms with van der Waals surface area (Å²) in [6, 6.07) is -1.69. The summed E-state index contributed by atoms with van der Waals surface area (Å²) in [6.45, 7) is 6.59. The molecule has 0 rings (SSSR count). The minimum Gasteiger partial charge on any atom is -0.334 e. The van der Waals surface area contributed by atoms with Crippen molar-refractivity contribution in [3.63, 3.8) is 0 Å². The van der Waals surface area contributed by atoms with Crippen molar-refractivity contribution in [1.29, 1.82) is 0 Å². The van der Waals surface area contributed by atoms with Gasteiger partial charge in [-0.1, -0.05) is 0 Å². The van der Waals surface area contributed by atoms with Crippen LogP contribution in [0.25, 0.3) is 0 Å². The van der Waals surface area contributed by atoms with Gasteiger partial charge in [0.2, 0.25) is 0 Å². The Morgan fingerprint density at radius 3 is 2.08 bits per heavy atom. The summed E-state index contributed by atoms with van der Waals surface area (Å²) in [6.07, 6.45) is -2.54. The quantitative estimate of drug-likeness (QED) is 0.690. The maximum Gasteiger partial charge on any atom is 0.315 e. The van der Waals surface area contributed by atoms with Crippen molar-refractivity contribution in [2.75, 3.05) is 0 Å². The van der Waals surface area contributed by atoms with Gasteiger partial charge in [-0.3, -0.25) is 0 Å². The first-order valence-electron chi connectivity index (χ1n) is 4.09. The van der Waals surface area contributed by atoms with Crippen molar-refractivity contribution in [3.8, 4) is 0 Å². The first kappa shape index (κ1) is 12.1. The Kier molecular flexibility index (Phi) is 4.10. The molecule has 0 bridgehead atoms. The topological polar surface area (TPSA) is 41.1 Å². The molecule has 0 aromatic carbocycles. The summed E-state index contributed by atoms with van der Waals surface area (Å²) < 4.78 is 24.0. The smallest absolute Gasteiger partial charge is 0.315 e. The van der Waals surface area contributed by atoms with E-state index in [0.717, 1.165) is 0 Å². The molecule has 0 spiro atoms. The van der Waals surface area contributed by atoms with E-state index in [2.05, 4.69) is 10.6 Å². The van der Waals surface area contributed by atoms with Gasteiger partial charge in [0.05, 0.1) is 6.04 Å². The maximum atomic E-state index is 12.0. The summed E-state index contributed by atoms with van der Waals surface area (Å²) in [4.78, 5) is 11.0. The molecule has 0 heterocycles. The number of hydrogen-bond acceptors (Lipinski definition) is 1. The van der Waals surface area contributed by atoms with Gasteiger partial charge >= 0.3 is 6.03 Å². The molecular weight excluding hydrogens is 178 g/mol. The number of alkyl halides is 2. The van der Waals surface area contributed by atoms with Crippen LogP contribution in [0.3, 0.4) is 0 Å². The van der Waals surface area contributed by atoms with Crippen LogP contribution >= 0.6 is 0 Å². The van der Waals surface area contributed by atoms with Crippen LogP contribution in [0.15, 0.2) is 0 Å². The highest BCUT2D eigenvalue weighted by molar-refractivity contribution is 5.74. The van der Waals surface area contributed by atoms with Crippen molar-refractivity contribution in [2.45, 2.75) is 45.7 Å². The number of amides is 2. The molecule has 0 radical (unpaired) electrons. The Morgan fingerprint density at radius 1 is 1.31 bits per heavy atom. The van der Waals surface area contributed by atoms with Crippen molar-refractivity contribution in [3.05, 3.63) is 0 Å². The largest absolute Gasteiger partial charge is 0.334 e. The van der Waals surface area contributed by atoms with Crippen LogP contribution in [0.2, 0.25) is 0 Å². The van der Waals surface area contributed by atoms with Crippen LogP contribution in [0.5, 0.6) is 0 Å². The maximum absolute atomic E-state index is 12.0. The van der Waals surface area contributed by atoms with Gasteiger partial charge in [-0.25, -0.2) is 13.6 Å². The Morgan fingerprint density at radius 2 is 1.77 bits per heavy atom. The first-order valence-corrected chi connectivity index (χ1v) is 4.09. The van der Waals surface area contributed by atoms with E-state index in [4.69, 9.17) is 0 Å². The molecule has 3 nitrogen and oxygen atoms in total. The number of carbonyl (C=O) groups excluding carboxylic acids is 1. The number of carbonyl (C=O) groups is 1. The molecule has 0 saturated carbocycles. The van der Waals surface area contributed by atoms with Gasteiger partial charge in [-0.15, -0.1) is 0 Å². The molecule has 1 atom stereocenters. The SMILES string of the molecule is CC(NC(=O)NC(C)(C)C)C(F)F. The van der Waals surface area contributed by atoms with Gasteiger partial charge < -0.3 is 10.6 Å². The van der Waals surface area contributed by atoms with Crippen LogP contribution in [0, 0.1) is 0 Å². The lowest BCUT2D eigenvalue weighted by Gasteiger charge is -2.22. The lowest BCUT2D eigenvalue weighted by molar-refractivity contribution is 0.108. The minimum atomic E-state index is -2.54. The molecule has 13 heavy (non-hydrogen) atoms. The van der Waals surface area contributed by atoms with Crippen LogP contribution in [0.4, 0.5) is 13.6 Å². The van der Waals surface area contributed by atoms with E-state index in [-0.39, 0.29) is 0 Å². The van der Waals surface area contributed by atoms with E-state index in [0.29, 0.717) is 0 Å². The minimum absolute atomic E-state index is 0.411. The van der Waals surface area contributed by atoms with E-state index in [1.165, 1.54) is 6.92 Å². The molecule has 2 N–H and O–H groups in total. The summed E-state index contributed by atoms with van der Waals surface area (Å²) in [5, 5.41) is 4.66. The van der Waals surface area contributed by atoms with Gasteiger partial charge in [0.1, 0.15) is 0 Å². The molecule has 0 aliphatic rings. The second-order valence-electron chi connectivity index (χ2n) is 3.97. The van der Waals surface area contributed by atoms with E-state index in [1.54, 1.807) is 20.8 Å². The molecule has 78 valence electrons. The van der Waals surface area contributed by atoms with Crippen molar-refractivity contribution in [1.82, 2.24) is 10.6 Å². The molecular formula is C8H16F2N2O. The predicted molar refractivity (Wildman–Crippen MR) is 46.9 cm³/mol. The molecule has 0 fully saturated rings. The van der Waals surface area contributed by atoms with Crippen molar-refractivity contribution in [2.24, 2.45) is 0 Å². The van der Waals surface area contributed by atoms with Gasteiger partial charge in [-0.2, -0.15) is 0 Å². The van der Waals surface area contributed by atoms with E-state index in [9.17, 15) is 13.6 Å². The Bertz CT molecular complexity index is 177. The number of halogens is 2. The normalized spacial score (nSPS) is 14.1. The monoisotopic (exact) mass is 194 g/mol. The van der Waals surface area contributed by atoms with Gasteiger partial charge in [0.25, 0.3) is 6.43 Å². The lowest BCUT2D eigenvalue weighted by Crippen LogP contribution is -2.50. The third-order valence-electron chi connectivity index (χ3n) is 1.23. The summed E-state index contributed by atoms with van der Waals surface area (Å²) in [5.41, 5.74) is -0.411. The Balaban J connectivity index is 3.89. The molecule has 0 aliphatic carbocycles. The third-order valence-corrected chi connectivity index (χ3v) is 1.23. The number of rotatable bonds is 2. The highest BCUT2D eigenvalue weighted by Gasteiger charge is 2.19. The fourth-order valence-electron chi connectivity index (χ4n) is 0.646. The predicted octanol–water partition coefficient (Wildman–Crippen LogP) is 1.74. The van der Waals surface area contributed by atoms with Crippen LogP contribution in [-0.2, 0) is 0 Å². The molecule has 2 amide bonds. The Labute approximate surface area is 76.9 Å². The molecule has 0 aliphatic heterocycles. The fraction of sp³-hybridized carbons (Fsp3) is 0.875. The standard InChI is InChI=1S/C8H16F2N2O/c1-5(6(9)10)11-7(13)12-8(2,3)4/h5-6H,1-4H3,(H2,11,12,13). The van der Waals surface area contributed by atoms with E-state index < -0.39 is 24.0 Å². The average molecular weight is 194 g/mol. The summed E-state index contributed by atoms with van der Waals surface area (Å²) >= 11 is 0. The third kappa shape index (κ3) is 6.31. The van der Waals surface area contributed by atoms with Gasteiger partial charge in [-0.05, 0) is 27.7 Å². The Hall–Kier alpha value is -0.870. The average Bonchev–Trinajstić information content (AvgIpc) is 1.81. The van der Waals surface area contributed by atoms with E-state index >= 15 is 0 Å².